The molecule has 0 amide bonds. The minimum atomic E-state index is -0.519. The van der Waals surface area contributed by atoms with Gasteiger partial charge in [0, 0.05) is 0 Å². The summed E-state index contributed by atoms with van der Waals surface area (Å²) in [7, 11) is 0. The average Bonchev–Trinajstić information content (AvgIpc) is 3.24. The van der Waals surface area contributed by atoms with Crippen LogP contribution in [0.2, 0.25) is 0 Å². The third-order valence-corrected chi connectivity index (χ3v) is 11.0. The molecule has 0 aliphatic carbocycles. The predicted molar refractivity (Wildman–Crippen MR) is 305 cm³/mol. The van der Waals surface area contributed by atoms with E-state index >= 15 is 0 Å². The maximum absolute atomic E-state index is 9.20. The van der Waals surface area contributed by atoms with Crippen molar-refractivity contribution in [3.05, 3.63) is 0 Å². The van der Waals surface area contributed by atoms with Crippen LogP contribution in [0.1, 0.15) is 252 Å². The fourth-order valence-electron chi connectivity index (χ4n) is 5.76. The highest BCUT2D eigenvalue weighted by atomic mass is 16.3. The molecule has 0 aromatic heterocycles. The first-order chi connectivity index (χ1) is 31.2. The van der Waals surface area contributed by atoms with Gasteiger partial charge in [0.05, 0.1) is 61.5 Å². The van der Waals surface area contributed by atoms with E-state index in [1.54, 1.807) is 0 Å². The average molecular weight is 1010 g/mol. The zero-order valence-electron chi connectivity index (χ0n) is 52.0. The maximum atomic E-state index is 9.20. The smallest absolute Gasteiger partial charge is 0.0773 e. The van der Waals surface area contributed by atoms with Crippen LogP contribution in [0.3, 0.4) is 0 Å². The molecule has 432 valence electrons. The van der Waals surface area contributed by atoms with Gasteiger partial charge in [-0.1, -0.05) is 201 Å². The molecule has 0 aliphatic heterocycles. The van der Waals surface area contributed by atoms with Crippen molar-refractivity contribution >= 4 is 0 Å². The summed E-state index contributed by atoms with van der Waals surface area (Å²) in [6.45, 7) is 58.9. The van der Waals surface area contributed by atoms with Crippen molar-refractivity contribution in [2.24, 2.45) is 71.0 Å². The van der Waals surface area contributed by atoms with Crippen LogP contribution in [-0.2, 0) is 0 Å². The van der Waals surface area contributed by atoms with Gasteiger partial charge in [-0.2, -0.15) is 0 Å². The van der Waals surface area contributed by atoms with Gasteiger partial charge in [-0.3, -0.25) is 0 Å². The van der Waals surface area contributed by atoms with Crippen molar-refractivity contribution in [2.45, 2.75) is 307 Å². The van der Waals surface area contributed by atoms with Gasteiger partial charge in [-0.25, -0.2) is 0 Å². The van der Waals surface area contributed by atoms with Crippen LogP contribution in [0, 0.1) is 71.0 Å². The lowest BCUT2D eigenvalue weighted by atomic mass is 9.97. The van der Waals surface area contributed by atoms with E-state index in [-0.39, 0.29) is 55.4 Å². The van der Waals surface area contributed by atoms with E-state index in [1.807, 2.05) is 173 Å². The van der Waals surface area contributed by atoms with Gasteiger partial charge in [0.1, 0.15) is 0 Å². The van der Waals surface area contributed by atoms with Crippen LogP contribution >= 0.6 is 0 Å². The topological polar surface area (TPSA) is 202 Å². The van der Waals surface area contributed by atoms with Crippen LogP contribution in [-0.4, -0.2) is 113 Å². The zero-order valence-corrected chi connectivity index (χ0v) is 52.0. The summed E-state index contributed by atoms with van der Waals surface area (Å²) in [6, 6.07) is 0. The van der Waals surface area contributed by atoms with Crippen LogP contribution in [0.15, 0.2) is 0 Å². The summed E-state index contributed by atoms with van der Waals surface area (Å²) >= 11 is 0. The molecule has 69 heavy (non-hydrogen) atoms. The fourth-order valence-corrected chi connectivity index (χ4v) is 5.76. The standard InChI is InChI=1S/5C7H16O.C6H14O2.3C6H14O/c3*1-5(2)7(8)6(3)4;2*1-4-7(8)5-6(2)3;1-5(2)3-6(8)4-7;3*1-4-6(7)5(2)3/h3*5-8H,1-4H3;2*6-8H,4-5H2,1-3H3;5-8H,3-4H2,1-2H3;3*5-7H,4H2,1-3H3/t;;;7-;;3*6-;/m...1.110./s1. The number of hydrogen-bond acceptors (Lipinski definition) is 10. The predicted octanol–water partition coefficient (Wildman–Crippen LogP) is 13.2. The van der Waals surface area contributed by atoms with Gasteiger partial charge >= 0.3 is 0 Å². The SMILES string of the molecule is CC(C)C(O)C(C)C.CC(C)C(O)C(C)C.CC(C)C(O)C(C)C.CC(C)C[C@@H](O)CO.CCC(O)C(C)C.CCC(O)CC(C)C.CC[C@@H](O)C(C)C.CC[C@@H](O)CC(C)C.CC[C@H](O)C(C)C. The molecule has 0 spiro atoms. The highest BCUT2D eigenvalue weighted by Gasteiger charge is 2.14. The Bertz CT molecular complexity index is 768. The summed E-state index contributed by atoms with van der Waals surface area (Å²) in [5, 5.41) is 89.6. The van der Waals surface area contributed by atoms with Gasteiger partial charge < -0.3 is 51.1 Å². The zero-order chi connectivity index (χ0) is 57.5. The summed E-state index contributed by atoms with van der Waals surface area (Å²) in [6.07, 6.45) is 5.62. The molecule has 10 N–H and O–H groups in total. The second-order valence-corrected chi connectivity index (χ2v) is 23.4. The molecule has 0 radical (unpaired) electrons. The molecule has 10 heteroatoms. The van der Waals surface area contributed by atoms with E-state index in [1.165, 1.54) is 0 Å². The fraction of sp³-hybridized carbons (Fsp3) is 1.00. The van der Waals surface area contributed by atoms with E-state index in [0.29, 0.717) is 77.4 Å². The Morgan fingerprint density at radius 3 is 0.420 bits per heavy atom. The molecule has 0 rings (SSSR count). The molecule has 0 heterocycles. The Morgan fingerprint density at radius 2 is 0.391 bits per heavy atom. The van der Waals surface area contributed by atoms with Crippen molar-refractivity contribution in [2.75, 3.05) is 6.61 Å². The van der Waals surface area contributed by atoms with E-state index in [4.69, 9.17) is 35.7 Å². The highest BCUT2D eigenvalue weighted by molar-refractivity contribution is 4.64. The van der Waals surface area contributed by atoms with Gasteiger partial charge in [-0.15, -0.1) is 0 Å². The normalized spacial score (nSPS) is 13.8. The Kier molecular flexibility index (Phi) is 74.8. The third kappa shape index (κ3) is 81.9. The van der Waals surface area contributed by atoms with Crippen LogP contribution in [0.4, 0.5) is 0 Å². The third-order valence-electron chi connectivity index (χ3n) is 11.0. The highest BCUT2D eigenvalue weighted by Crippen LogP contribution is 2.13. The second-order valence-electron chi connectivity index (χ2n) is 23.4. The minimum absolute atomic E-state index is 0.0741. The number of aliphatic hydroxyl groups excluding tert-OH is 10. The van der Waals surface area contributed by atoms with E-state index < -0.39 is 6.10 Å². The lowest BCUT2D eigenvalue weighted by Crippen LogP contribution is -2.20. The van der Waals surface area contributed by atoms with Gasteiger partial charge in [0.25, 0.3) is 0 Å². The molecule has 0 bridgehead atoms. The minimum Gasteiger partial charge on any atom is -0.394 e. The monoisotopic (exact) mass is 1010 g/mol. The Morgan fingerprint density at radius 1 is 0.232 bits per heavy atom. The summed E-state index contributed by atoms with van der Waals surface area (Å²) < 4.78 is 0. The molecule has 6 atom stereocenters. The largest absolute Gasteiger partial charge is 0.394 e. The van der Waals surface area contributed by atoms with Crippen molar-refractivity contribution in [3.63, 3.8) is 0 Å². The molecule has 0 aliphatic rings. The van der Waals surface area contributed by atoms with Gasteiger partial charge in [-0.05, 0) is 122 Å². The molecule has 10 nitrogen and oxygen atoms in total. The van der Waals surface area contributed by atoms with Crippen LogP contribution in [0.25, 0.3) is 0 Å². The number of rotatable bonds is 21. The summed E-state index contributed by atoms with van der Waals surface area (Å²) in [5.74, 6) is 5.38. The van der Waals surface area contributed by atoms with Crippen LogP contribution < -0.4 is 0 Å². The van der Waals surface area contributed by atoms with E-state index in [2.05, 4.69) is 27.7 Å². The molecule has 0 aromatic rings. The lowest BCUT2D eigenvalue weighted by Gasteiger charge is -2.17. The first-order valence-corrected chi connectivity index (χ1v) is 27.9. The Labute approximate surface area is 434 Å². The molecule has 0 aromatic carbocycles. The Hall–Kier alpha value is -0.400. The molecule has 0 fully saturated rings. The van der Waals surface area contributed by atoms with Gasteiger partial charge in [0.2, 0.25) is 0 Å². The molecule has 0 saturated heterocycles. The first kappa shape index (κ1) is 88.3. The van der Waals surface area contributed by atoms with E-state index in [9.17, 15) is 15.3 Å². The van der Waals surface area contributed by atoms with Crippen molar-refractivity contribution in [3.8, 4) is 0 Å². The summed E-state index contributed by atoms with van der Waals surface area (Å²) in [5.41, 5.74) is 0. The first-order valence-electron chi connectivity index (χ1n) is 27.9. The Balaban J connectivity index is -0.0000000839. The number of hydrogen-bond donors (Lipinski definition) is 10. The van der Waals surface area contributed by atoms with Gasteiger partial charge in [0.15, 0.2) is 0 Å². The summed E-state index contributed by atoms with van der Waals surface area (Å²) in [4.78, 5) is 0. The number of aliphatic hydroxyl groups is 10. The van der Waals surface area contributed by atoms with Crippen LogP contribution in [0.5, 0.6) is 0 Å². The molecule has 2 unspecified atom stereocenters. The second kappa shape index (κ2) is 58.5. The quantitative estimate of drug-likeness (QED) is 0.0527. The molecular formula is C59H136O10. The van der Waals surface area contributed by atoms with E-state index in [0.717, 1.165) is 44.9 Å². The van der Waals surface area contributed by atoms with Crippen molar-refractivity contribution in [1.82, 2.24) is 0 Å². The lowest BCUT2D eigenvalue weighted by molar-refractivity contribution is 0.0782. The molecular weight excluding hydrogens is 869 g/mol. The molecule has 0 saturated carbocycles. The van der Waals surface area contributed by atoms with Crippen molar-refractivity contribution in [1.29, 1.82) is 0 Å². The van der Waals surface area contributed by atoms with Crippen molar-refractivity contribution < 1.29 is 51.1 Å². The maximum Gasteiger partial charge on any atom is 0.0773 e.